The van der Waals surface area contributed by atoms with E-state index in [1.807, 2.05) is 0 Å². The van der Waals surface area contributed by atoms with Crippen LogP contribution in [0.2, 0.25) is 0 Å². The fourth-order valence-corrected chi connectivity index (χ4v) is 0.699. The second kappa shape index (κ2) is 3.49. The molecule has 0 saturated carbocycles. The first kappa shape index (κ1) is 7.45. The average Bonchev–Trinajstić information content (AvgIpc) is 2.07. The predicted molar refractivity (Wildman–Crippen MR) is 42.4 cm³/mol. The first-order valence-electron chi connectivity index (χ1n) is 3.08. The molecule has 1 radical (unpaired) electrons. The summed E-state index contributed by atoms with van der Waals surface area (Å²) < 4.78 is 0. The van der Waals surface area contributed by atoms with Crippen molar-refractivity contribution in [3.8, 4) is 0 Å². The molecule has 0 bridgehead atoms. The number of isocyanates is 1. The molecule has 2 nitrogen and oxygen atoms in total. The lowest BCUT2D eigenvalue weighted by molar-refractivity contribution is 0.565. The fraction of sp³-hybridized carbons (Fsp3) is 0. The van der Waals surface area contributed by atoms with Crippen molar-refractivity contribution in [1.29, 1.82) is 0 Å². The van der Waals surface area contributed by atoms with Crippen molar-refractivity contribution >= 4 is 11.8 Å². The van der Waals surface area contributed by atoms with Crippen LogP contribution in [0.4, 0.5) is 0 Å². The molecule has 53 valence electrons. The molecule has 0 aromatic heterocycles. The number of rotatable bonds is 2. The lowest BCUT2D eigenvalue weighted by Crippen LogP contribution is -1.76. The van der Waals surface area contributed by atoms with Gasteiger partial charge in [-0.3, -0.25) is 0 Å². The first-order valence-corrected chi connectivity index (χ1v) is 3.08. The van der Waals surface area contributed by atoms with Crippen molar-refractivity contribution in [2.45, 2.75) is 0 Å². The molecule has 0 saturated heterocycles. The van der Waals surface area contributed by atoms with Crippen molar-refractivity contribution in [3.63, 3.8) is 0 Å². The highest BCUT2D eigenvalue weighted by atomic mass is 16.1. The maximum atomic E-state index is 9.83. The molecule has 0 aliphatic carbocycles. The highest BCUT2D eigenvalue weighted by molar-refractivity contribution is 5.66. The van der Waals surface area contributed by atoms with Gasteiger partial charge in [-0.2, -0.15) is 4.99 Å². The number of aliphatic imine (C=N–C) groups is 1. The molecule has 1 aromatic carbocycles. The number of carbonyl (C=O) groups excluding carboxylic acids is 1. The molecule has 0 spiro atoms. The van der Waals surface area contributed by atoms with Gasteiger partial charge in [0.1, 0.15) is 0 Å². The van der Waals surface area contributed by atoms with Crippen LogP contribution >= 0.6 is 0 Å². The summed E-state index contributed by atoms with van der Waals surface area (Å²) in [6.07, 6.45) is 1.43. The zero-order chi connectivity index (χ0) is 8.10. The van der Waals surface area contributed by atoms with Gasteiger partial charge in [-0.25, -0.2) is 4.79 Å². The Morgan fingerprint density at radius 1 is 1.55 bits per heavy atom. The number of nitrogens with zero attached hydrogens (tertiary/aromatic N) is 1. The fourth-order valence-electron chi connectivity index (χ4n) is 0.699. The van der Waals surface area contributed by atoms with E-state index in [4.69, 9.17) is 0 Å². The Morgan fingerprint density at radius 3 is 2.73 bits per heavy atom. The molecule has 0 amide bonds. The smallest absolute Gasteiger partial charge is 0.211 e. The molecule has 1 rings (SSSR count). The van der Waals surface area contributed by atoms with Gasteiger partial charge in [-0.05, 0) is 6.07 Å². The molecule has 0 atom stereocenters. The topological polar surface area (TPSA) is 29.4 Å². The predicted octanol–water partition coefficient (Wildman–Crippen LogP) is 1.79. The van der Waals surface area contributed by atoms with Crippen molar-refractivity contribution in [2.75, 3.05) is 0 Å². The van der Waals surface area contributed by atoms with E-state index in [-0.39, 0.29) is 0 Å². The third kappa shape index (κ3) is 1.88. The Bertz CT molecular complexity index is 297. The molecule has 2 heteroatoms. The van der Waals surface area contributed by atoms with E-state index in [9.17, 15) is 4.79 Å². The highest BCUT2D eigenvalue weighted by Crippen LogP contribution is 2.10. The standard InChI is InChI=1S/C9H6NO/c1-8(10-7-11)9-5-3-2-4-6-9/h3-6H,1H2. The number of hydrogen-bond acceptors (Lipinski definition) is 2. The molecule has 0 aliphatic rings. The van der Waals surface area contributed by atoms with Gasteiger partial charge in [0.15, 0.2) is 0 Å². The van der Waals surface area contributed by atoms with Crippen LogP contribution in [0, 0.1) is 6.07 Å². The molecular weight excluding hydrogens is 138 g/mol. The quantitative estimate of drug-likeness (QED) is 0.459. The molecule has 0 N–H and O–H groups in total. The van der Waals surface area contributed by atoms with Crippen molar-refractivity contribution < 1.29 is 4.79 Å². The Hall–Kier alpha value is -1.66. The summed E-state index contributed by atoms with van der Waals surface area (Å²) in [5, 5.41) is 0. The summed E-state index contributed by atoms with van der Waals surface area (Å²) in [4.78, 5) is 13.2. The lowest BCUT2D eigenvalue weighted by Gasteiger charge is -1.93. The van der Waals surface area contributed by atoms with E-state index in [0.29, 0.717) is 5.70 Å². The highest BCUT2D eigenvalue weighted by Gasteiger charge is 1.92. The monoisotopic (exact) mass is 144 g/mol. The average molecular weight is 144 g/mol. The lowest BCUT2D eigenvalue weighted by atomic mass is 10.2. The molecule has 0 aliphatic heterocycles. The van der Waals surface area contributed by atoms with Crippen LogP contribution in [0.1, 0.15) is 5.56 Å². The number of benzene rings is 1. The molecule has 1 aromatic rings. The van der Waals surface area contributed by atoms with Crippen LogP contribution in [-0.2, 0) is 4.79 Å². The van der Waals surface area contributed by atoms with Gasteiger partial charge in [0.2, 0.25) is 6.08 Å². The minimum absolute atomic E-state index is 0.425. The third-order valence-corrected chi connectivity index (χ3v) is 1.23. The zero-order valence-corrected chi connectivity index (χ0v) is 5.87. The Kier molecular flexibility index (Phi) is 2.37. The van der Waals surface area contributed by atoms with Crippen LogP contribution < -0.4 is 0 Å². The Balaban J connectivity index is 2.94. The largest absolute Gasteiger partial charge is 0.240 e. The van der Waals surface area contributed by atoms with Crippen LogP contribution in [0.25, 0.3) is 5.70 Å². The van der Waals surface area contributed by atoms with Crippen molar-refractivity contribution in [3.05, 3.63) is 42.5 Å². The van der Waals surface area contributed by atoms with Gasteiger partial charge in [0.05, 0.1) is 5.70 Å². The summed E-state index contributed by atoms with van der Waals surface area (Å²) in [6, 6.07) is 9.88. The normalized spacial score (nSPS) is 8.36. The van der Waals surface area contributed by atoms with Crippen LogP contribution in [-0.4, -0.2) is 6.08 Å². The summed E-state index contributed by atoms with van der Waals surface area (Å²) in [5.41, 5.74) is 1.24. The Morgan fingerprint density at radius 2 is 2.18 bits per heavy atom. The maximum Gasteiger partial charge on any atom is 0.240 e. The van der Waals surface area contributed by atoms with E-state index in [1.54, 1.807) is 24.3 Å². The van der Waals surface area contributed by atoms with Crippen molar-refractivity contribution in [1.82, 2.24) is 0 Å². The van der Waals surface area contributed by atoms with Crippen LogP contribution in [0.3, 0.4) is 0 Å². The molecule has 11 heavy (non-hydrogen) atoms. The molecule has 0 heterocycles. The summed E-state index contributed by atoms with van der Waals surface area (Å²) in [6.45, 7) is 3.57. The Labute approximate surface area is 64.9 Å². The summed E-state index contributed by atoms with van der Waals surface area (Å²) in [7, 11) is 0. The second-order valence-corrected chi connectivity index (χ2v) is 1.94. The van der Waals surface area contributed by atoms with E-state index < -0.39 is 0 Å². The molecule has 0 fully saturated rings. The van der Waals surface area contributed by atoms with E-state index in [1.165, 1.54) is 6.08 Å². The number of hydrogen-bond donors (Lipinski definition) is 0. The van der Waals surface area contributed by atoms with Gasteiger partial charge in [0, 0.05) is 5.56 Å². The molecular formula is C9H6NO. The maximum absolute atomic E-state index is 9.83. The van der Waals surface area contributed by atoms with Gasteiger partial charge >= 0.3 is 0 Å². The summed E-state index contributed by atoms with van der Waals surface area (Å²) >= 11 is 0. The van der Waals surface area contributed by atoms with Crippen LogP contribution in [0.15, 0.2) is 35.8 Å². The minimum atomic E-state index is 0.425. The molecule has 0 unspecified atom stereocenters. The van der Waals surface area contributed by atoms with Gasteiger partial charge < -0.3 is 0 Å². The van der Waals surface area contributed by atoms with Gasteiger partial charge in [-0.15, -0.1) is 0 Å². The van der Waals surface area contributed by atoms with E-state index >= 15 is 0 Å². The van der Waals surface area contributed by atoms with Crippen molar-refractivity contribution in [2.24, 2.45) is 4.99 Å². The van der Waals surface area contributed by atoms with E-state index in [2.05, 4.69) is 17.6 Å². The first-order chi connectivity index (χ1) is 5.34. The van der Waals surface area contributed by atoms with Gasteiger partial charge in [0.25, 0.3) is 0 Å². The van der Waals surface area contributed by atoms with Crippen LogP contribution in [0.5, 0.6) is 0 Å². The van der Waals surface area contributed by atoms with E-state index in [0.717, 1.165) is 5.56 Å². The summed E-state index contributed by atoms with van der Waals surface area (Å²) in [5.74, 6) is 0. The SMILES string of the molecule is C=C(N=C=O)c1cc[c]cc1. The second-order valence-electron chi connectivity index (χ2n) is 1.94. The zero-order valence-electron chi connectivity index (χ0n) is 5.87. The van der Waals surface area contributed by atoms with Gasteiger partial charge in [-0.1, -0.05) is 30.8 Å². The third-order valence-electron chi connectivity index (χ3n) is 1.23. The minimum Gasteiger partial charge on any atom is -0.211 e.